The van der Waals surface area contributed by atoms with E-state index in [1.807, 2.05) is 6.92 Å². The Hall–Kier alpha value is -1.92. The van der Waals surface area contributed by atoms with Crippen LogP contribution in [0.2, 0.25) is 5.02 Å². The molecule has 7 heteroatoms. The third kappa shape index (κ3) is 4.38. The van der Waals surface area contributed by atoms with Crippen molar-refractivity contribution in [2.75, 3.05) is 19.4 Å². The third-order valence-corrected chi connectivity index (χ3v) is 5.42. The highest BCUT2D eigenvalue weighted by Crippen LogP contribution is 2.30. The van der Waals surface area contributed by atoms with Crippen molar-refractivity contribution in [3.63, 3.8) is 0 Å². The molecule has 0 radical (unpaired) electrons. The number of carbonyl (C=O) groups excluding carboxylic acids is 2. The van der Waals surface area contributed by atoms with E-state index in [1.165, 1.54) is 16.2 Å². The lowest BCUT2D eigenvalue weighted by molar-refractivity contribution is 0.0827. The Balaban J connectivity index is 2.29. The molecular weight excluding hydrogens is 358 g/mol. The van der Waals surface area contributed by atoms with Crippen LogP contribution in [-0.4, -0.2) is 35.8 Å². The molecule has 25 heavy (non-hydrogen) atoms. The lowest BCUT2D eigenvalue weighted by Crippen LogP contribution is -2.22. The van der Waals surface area contributed by atoms with Crippen LogP contribution in [0.15, 0.2) is 18.2 Å². The molecular formula is C18H22ClN3O2S. The van der Waals surface area contributed by atoms with Crippen molar-refractivity contribution >= 4 is 40.4 Å². The van der Waals surface area contributed by atoms with Gasteiger partial charge in [-0.3, -0.25) is 9.59 Å². The average molecular weight is 380 g/mol. The topological polar surface area (TPSA) is 62.3 Å². The number of nitrogens with one attached hydrogen (secondary N) is 1. The zero-order chi connectivity index (χ0) is 18.9. The summed E-state index contributed by atoms with van der Waals surface area (Å²) in [4.78, 5) is 31.3. The highest BCUT2D eigenvalue weighted by atomic mass is 35.5. The standard InChI is InChI=1S/C18H22ClN3O2S/c1-10-14(25-17(20-10)18(2,3)4)15(23)21-11-7-8-13(19)12(9-11)16(24)22(5)6/h7-9H,1-6H3,(H,21,23). The van der Waals surface area contributed by atoms with Crippen molar-refractivity contribution in [2.45, 2.75) is 33.1 Å². The molecule has 0 atom stereocenters. The fraction of sp³-hybridized carbons (Fsp3) is 0.389. The number of rotatable bonds is 3. The molecule has 0 bridgehead atoms. The van der Waals surface area contributed by atoms with Gasteiger partial charge in [-0.2, -0.15) is 0 Å². The smallest absolute Gasteiger partial charge is 0.267 e. The number of carbonyl (C=O) groups is 2. The van der Waals surface area contributed by atoms with E-state index in [4.69, 9.17) is 11.6 Å². The summed E-state index contributed by atoms with van der Waals surface area (Å²) in [7, 11) is 3.30. The van der Waals surface area contributed by atoms with Gasteiger partial charge in [-0.05, 0) is 25.1 Å². The van der Waals surface area contributed by atoms with Crippen LogP contribution < -0.4 is 5.32 Å². The molecule has 1 heterocycles. The van der Waals surface area contributed by atoms with Gasteiger partial charge in [0.05, 0.1) is 21.3 Å². The molecule has 0 aliphatic carbocycles. The monoisotopic (exact) mass is 379 g/mol. The second-order valence-electron chi connectivity index (χ2n) is 7.03. The molecule has 2 amide bonds. The number of anilines is 1. The Morgan fingerprint density at radius 2 is 1.88 bits per heavy atom. The number of aryl methyl sites for hydroxylation is 1. The van der Waals surface area contributed by atoms with Gasteiger partial charge in [-0.15, -0.1) is 11.3 Å². The summed E-state index contributed by atoms with van der Waals surface area (Å²) in [5.74, 6) is -0.457. The Morgan fingerprint density at radius 3 is 2.40 bits per heavy atom. The first-order valence-electron chi connectivity index (χ1n) is 7.81. The normalized spacial score (nSPS) is 11.3. The molecule has 0 aliphatic heterocycles. The van der Waals surface area contributed by atoms with Gasteiger partial charge in [0.15, 0.2) is 0 Å². The van der Waals surface area contributed by atoms with Gasteiger partial charge >= 0.3 is 0 Å². The van der Waals surface area contributed by atoms with Crippen LogP contribution in [0.4, 0.5) is 5.69 Å². The Morgan fingerprint density at radius 1 is 1.24 bits per heavy atom. The summed E-state index contributed by atoms with van der Waals surface area (Å²) >= 11 is 7.49. The molecule has 2 aromatic rings. The first kappa shape index (κ1) is 19.4. The Labute approximate surface area is 157 Å². The zero-order valence-corrected chi connectivity index (χ0v) is 16.8. The number of hydrogen-bond donors (Lipinski definition) is 1. The summed E-state index contributed by atoms with van der Waals surface area (Å²) in [6, 6.07) is 4.87. The van der Waals surface area contributed by atoms with Crippen molar-refractivity contribution in [3.8, 4) is 0 Å². The molecule has 0 saturated carbocycles. The minimum Gasteiger partial charge on any atom is -0.345 e. The third-order valence-electron chi connectivity index (χ3n) is 3.51. The molecule has 134 valence electrons. The predicted molar refractivity (Wildman–Crippen MR) is 103 cm³/mol. The van der Waals surface area contributed by atoms with Gasteiger partial charge in [0.1, 0.15) is 4.88 Å². The second kappa shape index (κ2) is 7.14. The Bertz CT molecular complexity index is 822. The molecule has 1 aromatic carbocycles. The average Bonchev–Trinajstić information content (AvgIpc) is 2.90. The first-order valence-corrected chi connectivity index (χ1v) is 9.00. The van der Waals surface area contributed by atoms with Crippen LogP contribution >= 0.6 is 22.9 Å². The Kier molecular flexibility index (Phi) is 5.54. The van der Waals surface area contributed by atoms with Gasteiger partial charge < -0.3 is 10.2 Å². The summed E-state index contributed by atoms with van der Waals surface area (Å²) in [5.41, 5.74) is 1.45. The lowest BCUT2D eigenvalue weighted by Gasteiger charge is -2.13. The van der Waals surface area contributed by atoms with Crippen LogP contribution in [0.5, 0.6) is 0 Å². The van der Waals surface area contributed by atoms with Crippen LogP contribution in [0.3, 0.4) is 0 Å². The minimum absolute atomic E-state index is 0.112. The van der Waals surface area contributed by atoms with Crippen LogP contribution in [0.1, 0.15) is 51.5 Å². The molecule has 2 rings (SSSR count). The number of halogens is 1. The maximum atomic E-state index is 12.6. The molecule has 0 fully saturated rings. The molecule has 0 spiro atoms. The molecule has 5 nitrogen and oxygen atoms in total. The van der Waals surface area contributed by atoms with Gasteiger partial charge in [0.25, 0.3) is 11.8 Å². The number of nitrogens with zero attached hydrogens (tertiary/aromatic N) is 2. The predicted octanol–water partition coefficient (Wildman–Crippen LogP) is 4.36. The largest absolute Gasteiger partial charge is 0.345 e. The van der Waals surface area contributed by atoms with Gasteiger partial charge in [0, 0.05) is 25.2 Å². The maximum Gasteiger partial charge on any atom is 0.267 e. The van der Waals surface area contributed by atoms with Gasteiger partial charge in [-0.25, -0.2) is 4.98 Å². The summed E-state index contributed by atoms with van der Waals surface area (Å²) in [6.07, 6.45) is 0. The zero-order valence-electron chi connectivity index (χ0n) is 15.2. The van der Waals surface area contributed by atoms with E-state index in [2.05, 4.69) is 31.1 Å². The highest BCUT2D eigenvalue weighted by Gasteiger charge is 2.23. The van der Waals surface area contributed by atoms with Crippen LogP contribution in [0, 0.1) is 6.92 Å². The van der Waals surface area contributed by atoms with Crippen molar-refractivity contribution in [1.29, 1.82) is 0 Å². The maximum absolute atomic E-state index is 12.6. The first-order chi connectivity index (χ1) is 11.5. The lowest BCUT2D eigenvalue weighted by atomic mass is 9.98. The quantitative estimate of drug-likeness (QED) is 0.861. The van der Waals surface area contributed by atoms with Gasteiger partial charge in [-0.1, -0.05) is 32.4 Å². The van der Waals surface area contributed by atoms with Gasteiger partial charge in [0.2, 0.25) is 0 Å². The van der Waals surface area contributed by atoms with Crippen molar-refractivity contribution < 1.29 is 9.59 Å². The van der Waals surface area contributed by atoms with Crippen LogP contribution in [0.25, 0.3) is 0 Å². The molecule has 1 N–H and O–H groups in total. The van der Waals surface area contributed by atoms with E-state index >= 15 is 0 Å². The number of hydrogen-bond acceptors (Lipinski definition) is 4. The molecule has 0 saturated heterocycles. The minimum atomic E-state index is -0.240. The molecule has 1 aromatic heterocycles. The van der Waals surface area contributed by atoms with Crippen molar-refractivity contribution in [1.82, 2.24) is 9.88 Å². The molecule has 0 unspecified atom stereocenters. The highest BCUT2D eigenvalue weighted by molar-refractivity contribution is 7.14. The fourth-order valence-corrected chi connectivity index (χ4v) is 3.34. The summed E-state index contributed by atoms with van der Waals surface area (Å²) < 4.78 is 0. The fourth-order valence-electron chi connectivity index (χ4n) is 2.12. The van der Waals surface area contributed by atoms with Crippen LogP contribution in [-0.2, 0) is 5.41 Å². The van der Waals surface area contributed by atoms with E-state index in [1.54, 1.807) is 32.3 Å². The second-order valence-corrected chi connectivity index (χ2v) is 8.44. The summed E-state index contributed by atoms with van der Waals surface area (Å²) in [5, 5.41) is 4.09. The number of aromatic nitrogens is 1. The van der Waals surface area contributed by atoms with E-state index in [0.717, 1.165) is 5.01 Å². The number of amides is 2. The van der Waals surface area contributed by atoms with E-state index in [9.17, 15) is 9.59 Å². The molecule has 0 aliphatic rings. The summed E-state index contributed by atoms with van der Waals surface area (Å²) in [6.45, 7) is 8.01. The van der Waals surface area contributed by atoms with Crippen molar-refractivity contribution in [3.05, 3.63) is 44.4 Å². The number of benzene rings is 1. The van der Waals surface area contributed by atoms with E-state index in [0.29, 0.717) is 26.8 Å². The van der Waals surface area contributed by atoms with Crippen molar-refractivity contribution in [2.24, 2.45) is 0 Å². The van der Waals surface area contributed by atoms with E-state index < -0.39 is 0 Å². The number of thiazole rings is 1. The van der Waals surface area contributed by atoms with E-state index in [-0.39, 0.29) is 17.2 Å². The SMILES string of the molecule is Cc1nc(C(C)(C)C)sc1C(=O)Nc1ccc(Cl)c(C(=O)N(C)C)c1.